The number of hydrogen-bond donors (Lipinski definition) is 2. The predicted octanol–water partition coefficient (Wildman–Crippen LogP) is 1.45. The highest BCUT2D eigenvalue weighted by Gasteiger charge is 2.27. The number of nitrogens with one attached hydrogen (secondary N) is 1. The maximum Gasteiger partial charge on any atom is 0.411 e. The Kier molecular flexibility index (Phi) is 5.78. The molecule has 0 aliphatic rings. The zero-order chi connectivity index (χ0) is 14.3. The van der Waals surface area contributed by atoms with Crippen molar-refractivity contribution >= 4 is 5.91 Å². The van der Waals surface area contributed by atoms with Gasteiger partial charge in [0.1, 0.15) is 6.61 Å². The Morgan fingerprint density at radius 1 is 1.32 bits per heavy atom. The quantitative estimate of drug-likeness (QED) is 0.741. The van der Waals surface area contributed by atoms with E-state index in [4.69, 9.17) is 5.73 Å². The molecular formula is C12H15F3N2O2. The van der Waals surface area contributed by atoms with Gasteiger partial charge in [0.2, 0.25) is 5.91 Å². The van der Waals surface area contributed by atoms with E-state index in [0.29, 0.717) is 17.7 Å². The van der Waals surface area contributed by atoms with Gasteiger partial charge in [0.05, 0.1) is 6.61 Å². The first-order valence-corrected chi connectivity index (χ1v) is 5.63. The number of amides is 1. The van der Waals surface area contributed by atoms with Crippen LogP contribution < -0.4 is 11.1 Å². The smallest absolute Gasteiger partial charge is 0.371 e. The van der Waals surface area contributed by atoms with E-state index in [-0.39, 0.29) is 13.2 Å². The summed E-state index contributed by atoms with van der Waals surface area (Å²) in [6.07, 6.45) is -4.31. The fourth-order valence-electron chi connectivity index (χ4n) is 1.47. The van der Waals surface area contributed by atoms with Gasteiger partial charge in [-0.1, -0.05) is 18.2 Å². The highest BCUT2D eigenvalue weighted by atomic mass is 19.4. The van der Waals surface area contributed by atoms with E-state index in [1.165, 1.54) is 0 Å². The van der Waals surface area contributed by atoms with Gasteiger partial charge in [0.15, 0.2) is 0 Å². The lowest BCUT2D eigenvalue weighted by molar-refractivity contribution is -0.173. The van der Waals surface area contributed by atoms with Gasteiger partial charge >= 0.3 is 6.18 Å². The highest BCUT2D eigenvalue weighted by molar-refractivity contribution is 5.94. The first-order valence-electron chi connectivity index (χ1n) is 5.63. The van der Waals surface area contributed by atoms with Crippen molar-refractivity contribution in [1.82, 2.24) is 5.32 Å². The number of primary amides is 1. The van der Waals surface area contributed by atoms with E-state index in [1.807, 2.05) is 0 Å². The van der Waals surface area contributed by atoms with Crippen LogP contribution in [0.15, 0.2) is 24.3 Å². The molecule has 1 amide bonds. The first-order chi connectivity index (χ1) is 8.90. The van der Waals surface area contributed by atoms with E-state index in [0.717, 1.165) is 0 Å². The van der Waals surface area contributed by atoms with Crippen molar-refractivity contribution in [3.63, 3.8) is 0 Å². The van der Waals surface area contributed by atoms with Crippen LogP contribution in [-0.4, -0.2) is 31.8 Å². The summed E-state index contributed by atoms with van der Waals surface area (Å²) in [7, 11) is 0. The third-order valence-corrected chi connectivity index (χ3v) is 2.29. The third-order valence-electron chi connectivity index (χ3n) is 2.29. The maximum atomic E-state index is 11.8. The van der Waals surface area contributed by atoms with Crippen LogP contribution in [-0.2, 0) is 11.3 Å². The minimum absolute atomic E-state index is 0.0573. The molecule has 0 aromatic heterocycles. The lowest BCUT2D eigenvalue weighted by atomic mass is 10.1. The molecule has 3 N–H and O–H groups in total. The van der Waals surface area contributed by atoms with Crippen molar-refractivity contribution in [2.45, 2.75) is 12.7 Å². The van der Waals surface area contributed by atoms with Crippen LogP contribution in [0.5, 0.6) is 0 Å². The largest absolute Gasteiger partial charge is 0.411 e. The summed E-state index contributed by atoms with van der Waals surface area (Å²) in [6.45, 7) is -0.720. The summed E-state index contributed by atoms with van der Waals surface area (Å²) < 4.78 is 39.8. The Hall–Kier alpha value is -1.60. The highest BCUT2D eigenvalue weighted by Crippen LogP contribution is 2.14. The van der Waals surface area contributed by atoms with Crippen molar-refractivity contribution in [1.29, 1.82) is 0 Å². The van der Waals surface area contributed by atoms with Gasteiger partial charge in [0, 0.05) is 18.7 Å². The van der Waals surface area contributed by atoms with Crippen molar-refractivity contribution in [3.8, 4) is 0 Å². The molecule has 0 atom stereocenters. The lowest BCUT2D eigenvalue weighted by Gasteiger charge is -2.10. The molecule has 1 rings (SSSR count). The normalized spacial score (nSPS) is 11.5. The molecule has 0 saturated carbocycles. The number of hydrogen-bond acceptors (Lipinski definition) is 3. The number of rotatable bonds is 7. The second-order valence-corrected chi connectivity index (χ2v) is 3.87. The molecule has 0 bridgehead atoms. The second kappa shape index (κ2) is 7.10. The van der Waals surface area contributed by atoms with Crippen molar-refractivity contribution in [2.75, 3.05) is 19.8 Å². The molecule has 0 saturated heterocycles. The van der Waals surface area contributed by atoms with Crippen LogP contribution in [0.4, 0.5) is 13.2 Å². The molecular weight excluding hydrogens is 261 g/mol. The predicted molar refractivity (Wildman–Crippen MR) is 63.5 cm³/mol. The van der Waals surface area contributed by atoms with Crippen LogP contribution >= 0.6 is 0 Å². The molecule has 106 valence electrons. The van der Waals surface area contributed by atoms with E-state index in [9.17, 15) is 18.0 Å². The number of benzene rings is 1. The summed E-state index contributed by atoms with van der Waals surface area (Å²) in [6, 6.07) is 6.77. The second-order valence-electron chi connectivity index (χ2n) is 3.87. The Morgan fingerprint density at radius 3 is 2.63 bits per heavy atom. The molecule has 7 heteroatoms. The number of alkyl halides is 3. The Balaban J connectivity index is 2.28. The standard InChI is InChI=1S/C12H15F3N2O2/c13-12(14,15)8-19-6-5-17-7-9-3-1-2-4-10(9)11(16)18/h1-4,17H,5-8H2,(H2,16,18). The van der Waals surface area contributed by atoms with E-state index < -0.39 is 18.7 Å². The molecule has 4 nitrogen and oxygen atoms in total. The molecule has 0 fully saturated rings. The summed E-state index contributed by atoms with van der Waals surface area (Å²) in [5, 5.41) is 2.88. The Bertz CT molecular complexity index is 422. The van der Waals surface area contributed by atoms with Gasteiger partial charge in [-0.05, 0) is 11.6 Å². The SMILES string of the molecule is NC(=O)c1ccccc1CNCCOCC(F)(F)F. The monoisotopic (exact) mass is 276 g/mol. The van der Waals surface area contributed by atoms with E-state index in [2.05, 4.69) is 10.1 Å². The zero-order valence-corrected chi connectivity index (χ0v) is 10.2. The Labute approximate surface area is 108 Å². The van der Waals surface area contributed by atoms with Crippen LogP contribution in [0.25, 0.3) is 0 Å². The molecule has 0 aliphatic heterocycles. The van der Waals surface area contributed by atoms with Gasteiger partial charge in [-0.2, -0.15) is 13.2 Å². The molecule has 0 spiro atoms. The van der Waals surface area contributed by atoms with Gasteiger partial charge in [-0.3, -0.25) is 4.79 Å². The van der Waals surface area contributed by atoms with Gasteiger partial charge < -0.3 is 15.8 Å². The van der Waals surface area contributed by atoms with Gasteiger partial charge in [-0.25, -0.2) is 0 Å². The van der Waals surface area contributed by atoms with Crippen molar-refractivity contribution < 1.29 is 22.7 Å². The summed E-state index contributed by atoms with van der Waals surface area (Å²) in [5.74, 6) is -0.536. The number of carbonyl (C=O) groups excluding carboxylic acids is 1. The summed E-state index contributed by atoms with van der Waals surface area (Å²) in [5.41, 5.74) is 6.29. The topological polar surface area (TPSA) is 64.4 Å². The molecule has 0 unspecified atom stereocenters. The van der Waals surface area contributed by atoms with Crippen LogP contribution in [0, 0.1) is 0 Å². The minimum atomic E-state index is -4.31. The van der Waals surface area contributed by atoms with E-state index >= 15 is 0 Å². The van der Waals surface area contributed by atoms with Crippen molar-refractivity contribution in [3.05, 3.63) is 35.4 Å². The molecule has 0 aliphatic carbocycles. The van der Waals surface area contributed by atoms with Crippen LogP contribution in [0.1, 0.15) is 15.9 Å². The molecule has 1 aromatic carbocycles. The fourth-order valence-corrected chi connectivity index (χ4v) is 1.47. The number of carbonyl (C=O) groups is 1. The van der Waals surface area contributed by atoms with Crippen LogP contribution in [0.3, 0.4) is 0 Å². The summed E-state index contributed by atoms with van der Waals surface area (Å²) in [4.78, 5) is 11.1. The van der Waals surface area contributed by atoms with Crippen molar-refractivity contribution in [2.24, 2.45) is 5.73 Å². The Morgan fingerprint density at radius 2 is 2.00 bits per heavy atom. The lowest BCUT2D eigenvalue weighted by Crippen LogP contribution is -2.24. The molecule has 0 heterocycles. The minimum Gasteiger partial charge on any atom is -0.371 e. The average Bonchev–Trinajstić information content (AvgIpc) is 2.32. The zero-order valence-electron chi connectivity index (χ0n) is 10.2. The van der Waals surface area contributed by atoms with Gasteiger partial charge in [0.25, 0.3) is 0 Å². The van der Waals surface area contributed by atoms with Gasteiger partial charge in [-0.15, -0.1) is 0 Å². The number of halogens is 3. The summed E-state index contributed by atoms with van der Waals surface area (Å²) >= 11 is 0. The number of ether oxygens (including phenoxy) is 1. The van der Waals surface area contributed by atoms with Crippen LogP contribution in [0.2, 0.25) is 0 Å². The molecule has 19 heavy (non-hydrogen) atoms. The first kappa shape index (κ1) is 15.5. The molecule has 0 radical (unpaired) electrons. The maximum absolute atomic E-state index is 11.8. The number of nitrogens with two attached hydrogens (primary N) is 1. The average molecular weight is 276 g/mol. The molecule has 1 aromatic rings. The fraction of sp³-hybridized carbons (Fsp3) is 0.417. The van der Waals surface area contributed by atoms with E-state index in [1.54, 1.807) is 24.3 Å². The third kappa shape index (κ3) is 6.21.